The molecule has 3 heterocycles. The summed E-state index contributed by atoms with van der Waals surface area (Å²) >= 11 is 5.92. The minimum absolute atomic E-state index is 0.313. The molecule has 0 saturated heterocycles. The van der Waals surface area contributed by atoms with Crippen molar-refractivity contribution in [2.45, 2.75) is 58.0 Å². The summed E-state index contributed by atoms with van der Waals surface area (Å²) in [6.07, 6.45) is 8.52. The van der Waals surface area contributed by atoms with E-state index in [1.54, 1.807) is 29.0 Å². The van der Waals surface area contributed by atoms with Gasteiger partial charge in [-0.2, -0.15) is 0 Å². The Hall–Kier alpha value is -2.87. The number of carbonyl (C=O) groups is 1. The zero-order valence-corrected chi connectivity index (χ0v) is 17.9. The molecule has 9 heteroatoms. The van der Waals surface area contributed by atoms with Gasteiger partial charge in [-0.25, -0.2) is 14.5 Å². The lowest BCUT2D eigenvalue weighted by Gasteiger charge is -2.18. The molecule has 3 N–H and O–H groups in total. The highest BCUT2D eigenvalue weighted by Gasteiger charge is 2.24. The van der Waals surface area contributed by atoms with Gasteiger partial charge in [-0.3, -0.25) is 4.79 Å². The molecule has 0 aromatic carbocycles. The van der Waals surface area contributed by atoms with Gasteiger partial charge in [-0.05, 0) is 37.8 Å². The van der Waals surface area contributed by atoms with E-state index in [1.807, 2.05) is 6.07 Å². The molecule has 3 aromatic rings. The van der Waals surface area contributed by atoms with E-state index in [0.29, 0.717) is 34.3 Å². The number of rotatable bonds is 9. The van der Waals surface area contributed by atoms with Gasteiger partial charge in [-0.1, -0.05) is 31.9 Å². The van der Waals surface area contributed by atoms with Crippen LogP contribution in [0.15, 0.2) is 30.6 Å². The van der Waals surface area contributed by atoms with Gasteiger partial charge in [0.25, 0.3) is 5.91 Å². The molecule has 1 saturated carbocycles. The summed E-state index contributed by atoms with van der Waals surface area (Å²) in [6.45, 7) is 4.33. The third kappa shape index (κ3) is 4.64. The lowest BCUT2D eigenvalue weighted by molar-refractivity contribution is 0.102. The van der Waals surface area contributed by atoms with E-state index in [0.717, 1.165) is 43.6 Å². The molecule has 30 heavy (non-hydrogen) atoms. The first-order valence-electron chi connectivity index (χ1n) is 10.4. The van der Waals surface area contributed by atoms with E-state index < -0.39 is 0 Å². The fourth-order valence-corrected chi connectivity index (χ4v) is 3.53. The predicted molar refractivity (Wildman–Crippen MR) is 119 cm³/mol. The van der Waals surface area contributed by atoms with Gasteiger partial charge in [0.15, 0.2) is 11.3 Å². The molecule has 0 aliphatic heterocycles. The Balaban J connectivity index is 1.67. The number of hydrogen-bond acceptors (Lipinski definition) is 6. The van der Waals surface area contributed by atoms with E-state index in [9.17, 15) is 4.79 Å². The Morgan fingerprint density at radius 1 is 1.30 bits per heavy atom. The molecule has 3 aromatic heterocycles. The molecular formula is C21H26ClN7O. The van der Waals surface area contributed by atoms with E-state index in [4.69, 9.17) is 11.6 Å². The third-order valence-electron chi connectivity index (χ3n) is 5.10. The van der Waals surface area contributed by atoms with Crippen molar-refractivity contribution in [3.63, 3.8) is 0 Å². The van der Waals surface area contributed by atoms with Crippen molar-refractivity contribution in [1.29, 1.82) is 0 Å². The van der Waals surface area contributed by atoms with Crippen LogP contribution in [0.2, 0.25) is 5.15 Å². The Morgan fingerprint density at radius 2 is 2.13 bits per heavy atom. The minimum Gasteiger partial charge on any atom is -0.379 e. The number of nitrogens with zero attached hydrogens (tertiary/aromatic N) is 4. The van der Waals surface area contributed by atoms with Gasteiger partial charge in [0, 0.05) is 30.0 Å². The first kappa shape index (κ1) is 20.4. The van der Waals surface area contributed by atoms with Crippen LogP contribution in [0, 0.1) is 0 Å². The zero-order valence-electron chi connectivity index (χ0n) is 17.2. The minimum atomic E-state index is -0.313. The number of hydrogen-bond donors (Lipinski definition) is 3. The number of halogens is 1. The maximum atomic E-state index is 12.9. The summed E-state index contributed by atoms with van der Waals surface area (Å²) in [5.74, 6) is 0.414. The summed E-state index contributed by atoms with van der Waals surface area (Å²) in [6, 6.07) is 6.05. The summed E-state index contributed by atoms with van der Waals surface area (Å²) in [4.78, 5) is 21.3. The standard InChI is InChI=1S/C21H26ClN7O/c1-3-5-13(4-2)26-19-11-16(25-14-6-7-14)20-24-12-17(29(20)28-19)21(30)27-15-8-9-23-18(22)10-15/h8-14,25H,3-7H2,1-2H3,(H,26,28)(H,23,27,30)/t13-/m1/s1. The van der Waals surface area contributed by atoms with Crippen LogP contribution in [-0.4, -0.2) is 37.6 Å². The maximum Gasteiger partial charge on any atom is 0.276 e. The fourth-order valence-electron chi connectivity index (χ4n) is 3.36. The van der Waals surface area contributed by atoms with Crippen LogP contribution in [0.5, 0.6) is 0 Å². The SMILES string of the molecule is CCC[C@@H](CC)Nc1cc(NC2CC2)c2ncc(C(=O)Nc3ccnc(Cl)c3)n2n1. The van der Waals surface area contributed by atoms with Gasteiger partial charge in [0.05, 0.1) is 11.9 Å². The van der Waals surface area contributed by atoms with Gasteiger partial charge in [0.2, 0.25) is 0 Å². The molecule has 0 unspecified atom stereocenters. The number of pyridine rings is 1. The Labute approximate surface area is 180 Å². The number of aromatic nitrogens is 4. The molecule has 8 nitrogen and oxygen atoms in total. The largest absolute Gasteiger partial charge is 0.379 e. The van der Waals surface area contributed by atoms with Crippen molar-refractivity contribution >= 4 is 40.3 Å². The zero-order chi connectivity index (χ0) is 21.1. The van der Waals surface area contributed by atoms with Gasteiger partial charge >= 0.3 is 0 Å². The van der Waals surface area contributed by atoms with E-state index >= 15 is 0 Å². The predicted octanol–water partition coefficient (Wildman–Crippen LogP) is 4.59. The first-order chi connectivity index (χ1) is 14.6. The average molecular weight is 428 g/mol. The van der Waals surface area contributed by atoms with Crippen molar-refractivity contribution in [2.75, 3.05) is 16.0 Å². The summed E-state index contributed by atoms with van der Waals surface area (Å²) in [5, 5.41) is 14.9. The number of amides is 1. The van der Waals surface area contributed by atoms with Crippen LogP contribution in [0.3, 0.4) is 0 Å². The molecule has 0 bridgehead atoms. The number of nitrogens with one attached hydrogen (secondary N) is 3. The monoisotopic (exact) mass is 427 g/mol. The second-order valence-corrected chi connectivity index (χ2v) is 7.99. The molecule has 1 aliphatic rings. The third-order valence-corrected chi connectivity index (χ3v) is 5.31. The van der Waals surface area contributed by atoms with Crippen LogP contribution < -0.4 is 16.0 Å². The van der Waals surface area contributed by atoms with Crippen LogP contribution in [0.4, 0.5) is 17.2 Å². The van der Waals surface area contributed by atoms with E-state index in [-0.39, 0.29) is 5.91 Å². The van der Waals surface area contributed by atoms with Crippen molar-refractivity contribution in [3.05, 3.63) is 41.4 Å². The van der Waals surface area contributed by atoms with Crippen molar-refractivity contribution in [2.24, 2.45) is 0 Å². The second-order valence-electron chi connectivity index (χ2n) is 7.60. The van der Waals surface area contributed by atoms with Crippen molar-refractivity contribution in [1.82, 2.24) is 19.6 Å². The summed E-state index contributed by atoms with van der Waals surface area (Å²) < 4.78 is 1.60. The summed E-state index contributed by atoms with van der Waals surface area (Å²) in [5.41, 5.74) is 2.43. The van der Waals surface area contributed by atoms with E-state index in [2.05, 4.69) is 44.9 Å². The first-order valence-corrected chi connectivity index (χ1v) is 10.8. The molecule has 1 atom stereocenters. The summed E-state index contributed by atoms with van der Waals surface area (Å²) in [7, 11) is 0. The molecule has 1 amide bonds. The van der Waals surface area contributed by atoms with Crippen LogP contribution in [-0.2, 0) is 0 Å². The van der Waals surface area contributed by atoms with Gasteiger partial charge in [-0.15, -0.1) is 5.10 Å². The fraction of sp³-hybridized carbons (Fsp3) is 0.429. The number of fused-ring (bicyclic) bond motifs is 1. The lowest BCUT2D eigenvalue weighted by atomic mass is 10.1. The molecule has 1 aliphatic carbocycles. The van der Waals surface area contributed by atoms with Crippen molar-refractivity contribution in [3.8, 4) is 0 Å². The highest BCUT2D eigenvalue weighted by Crippen LogP contribution is 2.29. The molecule has 0 spiro atoms. The molecule has 4 rings (SSSR count). The molecule has 0 radical (unpaired) electrons. The van der Waals surface area contributed by atoms with E-state index in [1.165, 1.54) is 0 Å². The van der Waals surface area contributed by atoms with Crippen molar-refractivity contribution < 1.29 is 4.79 Å². The second kappa shape index (κ2) is 8.87. The normalized spacial score (nSPS) is 14.5. The topological polar surface area (TPSA) is 96.2 Å². The lowest BCUT2D eigenvalue weighted by Crippen LogP contribution is -2.21. The quantitative estimate of drug-likeness (QED) is 0.432. The van der Waals surface area contributed by atoms with Crippen LogP contribution in [0.1, 0.15) is 56.4 Å². The number of imidazole rings is 1. The molecular weight excluding hydrogens is 402 g/mol. The molecule has 1 fully saturated rings. The van der Waals surface area contributed by atoms with Gasteiger partial charge < -0.3 is 16.0 Å². The Kier molecular flexibility index (Phi) is 6.03. The highest BCUT2D eigenvalue weighted by atomic mass is 35.5. The van der Waals surface area contributed by atoms with Crippen LogP contribution in [0.25, 0.3) is 5.65 Å². The Bertz CT molecular complexity index is 1050. The Morgan fingerprint density at radius 3 is 2.83 bits per heavy atom. The smallest absolute Gasteiger partial charge is 0.276 e. The van der Waals surface area contributed by atoms with Crippen LogP contribution >= 0.6 is 11.6 Å². The number of carbonyl (C=O) groups excluding carboxylic acids is 1. The molecule has 158 valence electrons. The average Bonchev–Trinajstić information content (AvgIpc) is 3.43. The highest BCUT2D eigenvalue weighted by molar-refractivity contribution is 6.29. The number of anilines is 3. The maximum absolute atomic E-state index is 12.9. The van der Waals surface area contributed by atoms with Gasteiger partial charge in [0.1, 0.15) is 11.0 Å².